The summed E-state index contributed by atoms with van der Waals surface area (Å²) < 4.78 is 103. The van der Waals surface area contributed by atoms with Crippen molar-refractivity contribution in [1.29, 1.82) is 0 Å². The van der Waals surface area contributed by atoms with E-state index in [9.17, 15) is 43.9 Å². The van der Waals surface area contributed by atoms with Crippen LogP contribution in [-0.4, -0.2) is 161 Å². The molecule has 0 radical (unpaired) electrons. The Morgan fingerprint density at radius 1 is 0.476 bits per heavy atom. The minimum Gasteiger partial charge on any atom is -0.396 e. The summed E-state index contributed by atoms with van der Waals surface area (Å²) in [4.78, 5) is 7.65. The van der Waals surface area contributed by atoms with Crippen molar-refractivity contribution in [1.82, 2.24) is 39.8 Å². The maximum Gasteiger partial charge on any atom is 1.00 e. The minimum absolute atomic E-state index is 0. The average molecular weight is 1860 g/mol. The van der Waals surface area contributed by atoms with Gasteiger partial charge in [-0.05, 0) is 339 Å². The largest absolute Gasteiger partial charge is 1.00 e. The number of nitrogens with one attached hydrogen (secondary N) is 3. The Labute approximate surface area is 775 Å². The standard InChI is InChI=1S/C24H38N2O8S3.C21H30N8.C21H34N4.C21H32N2O2.CH3ClO2S.CH4.N3.Na/c1-16-7-8-20-19(15-34-37(6,31)32)21(9-10-23(16,20)2)24(3)12-17-13-25-26(35(4,27)28)22(17)11-18(24)14-33-36(5,29)30;1-13-4-5-17-16(12-26-29-23)18(6-7-20(13,17)2)21(3)9-14-10-24-27-19(14)8-15(21)11-25-28-22;1-13-4-5-17-16(11-23)18(6-7-20(13,17)2)21(3)9-14-12-24-25-19(14)8-15(21)10-22;1-13-4-5-17-16(12-25)18(6-7-20(13,17)2)21(3)9-14-10-22-23-19(14)8-15(21)11-24;1-5(2,3)4;;1-3-2;/h13,18-21H,1,7-12,14-15H2,2-6H3;10,15-18H,1,4-9,11-12H2,2-3H3,(H,24,27);12,15-18H,1,4-11,22-23H2,2-3H3,(H,24,25);10,15-18,24-25H,1,4-9,11-12H2,2-3H3,(H,22,23);1H3;1H4;;/q;;;;;;-1;+1/t18-,19+,20+,21+,23-,24+;3*15-,16+,17+,18+,20-,21+;;;;/m1111..../s1. The van der Waals surface area contributed by atoms with Crippen molar-refractivity contribution in [3.8, 4) is 0 Å². The average Bonchev–Trinajstić information content (AvgIpc) is 1.48. The Bertz CT molecular complexity index is 5080. The van der Waals surface area contributed by atoms with E-state index in [0.717, 1.165) is 157 Å². The Morgan fingerprint density at radius 2 is 0.817 bits per heavy atom. The van der Waals surface area contributed by atoms with Crippen molar-refractivity contribution in [3.05, 3.63) is 155 Å². The van der Waals surface area contributed by atoms with Crippen molar-refractivity contribution in [2.75, 3.05) is 77.6 Å². The van der Waals surface area contributed by atoms with E-state index in [-0.39, 0.29) is 138 Å². The van der Waals surface area contributed by atoms with Crippen LogP contribution in [0.2, 0.25) is 0 Å². The third kappa shape index (κ3) is 21.0. The molecule has 0 aromatic carbocycles. The molecule has 4 aromatic heterocycles. The van der Waals surface area contributed by atoms with Gasteiger partial charge in [0.25, 0.3) is 30.3 Å². The van der Waals surface area contributed by atoms with Crippen LogP contribution in [0.3, 0.4) is 0 Å². The number of allylic oxidation sites excluding steroid dienone is 4. The Hall–Kier alpha value is -5.42. The fraction of sp³-hybridized carbons (Fsp3) is 0.775. The number of hydrogen-bond acceptors (Lipinski definition) is 20. The molecule has 0 saturated heterocycles. The first kappa shape index (κ1) is 104. The molecule has 4 aromatic rings. The van der Waals surface area contributed by atoms with E-state index in [4.69, 9.17) is 42.0 Å². The van der Waals surface area contributed by atoms with Gasteiger partial charge in [0.15, 0.2) is 0 Å². The monoisotopic (exact) mass is 1850 g/mol. The predicted octanol–water partition coefficient (Wildman–Crippen LogP) is 13.0. The topological polar surface area (TPSA) is 508 Å². The van der Waals surface area contributed by atoms with Gasteiger partial charge in [0, 0.05) is 63.9 Å². The van der Waals surface area contributed by atoms with Crippen molar-refractivity contribution in [2.24, 2.45) is 160 Å². The number of H-pyrrole nitrogens is 3. The van der Waals surface area contributed by atoms with Gasteiger partial charge in [-0.15, -0.1) is 0 Å². The maximum absolute atomic E-state index is 12.4. The van der Waals surface area contributed by atoms with Crippen molar-refractivity contribution in [3.63, 3.8) is 0 Å². The fourth-order valence-electron chi connectivity index (χ4n) is 27.8. The molecule has 16 rings (SSSR count). The number of rotatable bonds is 19. The van der Waals surface area contributed by atoms with Crippen LogP contribution < -0.4 is 41.0 Å². The normalized spacial score (nSPS) is 37.0. The first-order valence-corrected chi connectivity index (χ1v) is 52.5. The van der Waals surface area contributed by atoms with Crippen molar-refractivity contribution >= 4 is 50.0 Å². The molecule has 126 heavy (non-hydrogen) atoms. The third-order valence-electron chi connectivity index (χ3n) is 35.1. The molecule has 8 fully saturated rings. The summed E-state index contributed by atoms with van der Waals surface area (Å²) in [7, 11) is -9.74. The first-order chi connectivity index (χ1) is 58.1. The summed E-state index contributed by atoms with van der Waals surface area (Å²) in [5.41, 5.74) is 58.8. The Balaban J connectivity index is 0.000000185. The van der Waals surface area contributed by atoms with Gasteiger partial charge in [-0.25, -0.2) is 16.8 Å². The van der Waals surface area contributed by atoms with Gasteiger partial charge in [-0.1, -0.05) is 122 Å². The Morgan fingerprint density at radius 3 is 1.21 bits per heavy atom. The van der Waals surface area contributed by atoms with Gasteiger partial charge < -0.3 is 32.7 Å². The number of hydrogen-bond donors (Lipinski definition) is 7. The molecule has 37 heteroatoms. The molecule has 8 saturated carbocycles. The zero-order valence-electron chi connectivity index (χ0n) is 75.9. The van der Waals surface area contributed by atoms with Gasteiger partial charge in [-0.3, -0.25) is 28.6 Å². The summed E-state index contributed by atoms with van der Waals surface area (Å²) in [5, 5.41) is 54.9. The molecule has 31 nitrogen and oxygen atoms in total. The van der Waals surface area contributed by atoms with E-state index in [2.05, 4.69) is 148 Å². The SMILES string of the molecule is C.C=C1CC[C@H]2[C@H](CN)[C@@H]([C@@]3(C)Cc4cn[nH]c4C[C@@H]3CN)CC[C@]12C.C=C1CC[C@H]2[C@H](CN=[N+]=[N-])[C@@H]([C@@]3(C)Cc4cn[nH]c4C[C@@H]3CN=[N+]=[N-])CC[C@]12C.C=C1CC[C@H]2[C@H](CO)[C@@H]([C@@]3(C)Cc4cn[nH]c4C[C@@H]3CO)CC[C@]12C.C=C1CC[C@H]2[C@H](COS(C)(=O)=O)[C@@H]([C@@]3(C)Cc4cnn(S(C)(=O)=O)c4C[C@@H]3COS(C)(=O)=O)CC[C@]12C.CS(=O)(=O)Cl.[N-]=[N+]=[N-].[Na+]. The Kier molecular flexibility index (Phi) is 33.6. The predicted molar refractivity (Wildman–Crippen MR) is 488 cm³/mol. The van der Waals surface area contributed by atoms with Gasteiger partial charge >= 0.3 is 29.6 Å². The minimum atomic E-state index is -3.74. The maximum atomic E-state index is 12.4. The van der Waals surface area contributed by atoms with Gasteiger partial charge in [0.05, 0.1) is 68.7 Å². The van der Waals surface area contributed by atoms with Gasteiger partial charge in [0.1, 0.15) is 0 Å². The molecule has 0 bridgehead atoms. The number of nitrogens with two attached hydrogens (primary N) is 2. The van der Waals surface area contributed by atoms with Crippen LogP contribution >= 0.6 is 10.7 Å². The number of halogens is 1. The molecule has 9 N–H and O–H groups in total. The van der Waals surface area contributed by atoms with Crippen LogP contribution in [0.5, 0.6) is 0 Å². The van der Waals surface area contributed by atoms with Crippen LogP contribution in [0.25, 0.3) is 36.9 Å². The molecule has 0 amide bonds. The first-order valence-electron chi connectivity index (χ1n) is 44.3. The molecule has 0 unspecified atom stereocenters. The second-order valence-corrected chi connectivity index (χ2v) is 49.1. The van der Waals surface area contributed by atoms with E-state index in [1.807, 2.05) is 18.6 Å². The summed E-state index contributed by atoms with van der Waals surface area (Å²) in [6.07, 6.45) is 35.5. The number of aliphatic hydroxyl groups is 2. The molecule has 12 aliphatic carbocycles. The van der Waals surface area contributed by atoms with Crippen LogP contribution in [0.15, 0.2) is 83.6 Å². The van der Waals surface area contributed by atoms with Crippen LogP contribution in [-0.2, 0) is 99.0 Å². The van der Waals surface area contributed by atoms with Gasteiger partial charge in [0.2, 0.25) is 9.05 Å². The third-order valence-corrected chi connectivity index (χ3v) is 37.2. The van der Waals surface area contributed by atoms with Crippen molar-refractivity contribution in [2.45, 2.75) is 217 Å². The van der Waals surface area contributed by atoms with E-state index >= 15 is 0 Å². The molecular formula is C89H141ClN19NaO12S4. The van der Waals surface area contributed by atoms with E-state index in [0.29, 0.717) is 89.8 Å². The van der Waals surface area contributed by atoms with E-state index < -0.39 is 44.7 Å². The van der Waals surface area contributed by atoms with E-state index in [1.165, 1.54) is 93.1 Å². The summed E-state index contributed by atoms with van der Waals surface area (Å²) >= 11 is 0. The fourth-order valence-corrected chi connectivity index (χ4v) is 29.5. The zero-order valence-corrected chi connectivity index (χ0v) is 81.9. The molecule has 12 aliphatic rings. The summed E-state index contributed by atoms with van der Waals surface area (Å²) in [6.45, 7) is 39.1. The zero-order chi connectivity index (χ0) is 91.1. The summed E-state index contributed by atoms with van der Waals surface area (Å²) in [5.74, 6) is 5.18. The van der Waals surface area contributed by atoms with Crippen LogP contribution in [0, 0.1) is 138 Å². The quantitative estimate of drug-likeness (QED) is 0.00872. The molecule has 4 heterocycles. The summed E-state index contributed by atoms with van der Waals surface area (Å²) in [6, 6.07) is 0. The number of aliphatic hydroxyl groups excluding tert-OH is 2. The number of aromatic amines is 3. The number of fused-ring (bicyclic) bond motifs is 8. The molecule has 0 aliphatic heterocycles. The second kappa shape index (κ2) is 40.6. The molecule has 0 spiro atoms. The number of nitrogens with zero attached hydrogens (tertiary/aromatic N) is 14. The second-order valence-electron chi connectivity index (χ2n) is 41.0. The molecule has 24 atom stereocenters. The van der Waals surface area contributed by atoms with Crippen molar-refractivity contribution < 1.29 is 81.8 Å². The van der Waals surface area contributed by atoms with Crippen LogP contribution in [0.1, 0.15) is 211 Å². The number of aromatic nitrogens is 8. The van der Waals surface area contributed by atoms with Gasteiger partial charge in [-0.2, -0.15) is 41.3 Å². The van der Waals surface area contributed by atoms with E-state index in [1.54, 1.807) is 6.20 Å². The molecule has 696 valence electrons. The number of azide groups is 2. The smallest absolute Gasteiger partial charge is 0.396 e. The van der Waals surface area contributed by atoms with Crippen LogP contribution in [0.4, 0.5) is 0 Å². The molecular weight excluding hydrogens is 1710 g/mol.